The predicted octanol–water partition coefficient (Wildman–Crippen LogP) is 1.67. The Morgan fingerprint density at radius 2 is 2.23 bits per heavy atom. The number of nitrogens with two attached hydrogens (primary N) is 1. The molecular weight excluding hydrogens is 291 g/mol. The second kappa shape index (κ2) is 6.53. The van der Waals surface area contributed by atoms with Gasteiger partial charge in [0.2, 0.25) is 5.91 Å². The highest BCUT2D eigenvalue weighted by Gasteiger charge is 2.10. The summed E-state index contributed by atoms with van der Waals surface area (Å²) in [6.07, 6.45) is 5.01. The molecule has 0 saturated heterocycles. The average molecular weight is 304 g/mol. The quantitative estimate of drug-likeness (QED) is 0.839. The maximum Gasteiger partial charge on any atom is 0.410 e. The number of nitrogens with zero attached hydrogens (tertiary/aromatic N) is 2. The first-order valence-corrected chi connectivity index (χ1v) is 6.18. The molecule has 0 bridgehead atoms. The second-order valence-corrected chi connectivity index (χ2v) is 4.33. The maximum atomic E-state index is 13.2. The molecule has 3 N–H and O–H groups in total. The minimum Gasteiger partial charge on any atom is -0.408 e. The lowest BCUT2D eigenvalue weighted by Crippen LogP contribution is -2.18. The number of rotatable bonds is 4. The number of hydrogen-bond donors (Lipinski definition) is 2. The first kappa shape index (κ1) is 15.2. The molecule has 7 nitrogen and oxygen atoms in total. The van der Waals surface area contributed by atoms with Crippen molar-refractivity contribution in [3.8, 4) is 5.75 Å². The van der Waals surface area contributed by atoms with Gasteiger partial charge >= 0.3 is 6.09 Å². The third kappa shape index (κ3) is 4.17. The van der Waals surface area contributed by atoms with E-state index in [1.165, 1.54) is 18.2 Å². The van der Waals surface area contributed by atoms with Crippen LogP contribution in [0.4, 0.5) is 14.9 Å². The van der Waals surface area contributed by atoms with E-state index < -0.39 is 17.8 Å². The average Bonchev–Trinajstić information content (AvgIpc) is 2.85. The second-order valence-electron chi connectivity index (χ2n) is 4.33. The molecule has 0 unspecified atom stereocenters. The van der Waals surface area contributed by atoms with E-state index in [-0.39, 0.29) is 11.4 Å². The van der Waals surface area contributed by atoms with Gasteiger partial charge in [-0.2, -0.15) is 5.10 Å². The van der Waals surface area contributed by atoms with Crippen LogP contribution >= 0.6 is 0 Å². The fourth-order valence-corrected chi connectivity index (χ4v) is 1.67. The van der Waals surface area contributed by atoms with Gasteiger partial charge in [0.05, 0.1) is 11.9 Å². The fraction of sp³-hybridized carbons (Fsp3) is 0.0714. The highest BCUT2D eigenvalue weighted by molar-refractivity contribution is 6.02. The molecule has 0 spiro atoms. The SMILES string of the molecule is Cn1cc(C=CC(=O)Nc2cc(F)ccc2OC(N)=O)cn1. The van der Waals surface area contributed by atoms with Crippen molar-refractivity contribution >= 4 is 23.8 Å². The van der Waals surface area contributed by atoms with E-state index in [9.17, 15) is 14.0 Å². The summed E-state index contributed by atoms with van der Waals surface area (Å²) in [7, 11) is 1.75. The lowest BCUT2D eigenvalue weighted by Gasteiger charge is -2.08. The molecule has 2 aromatic rings. The monoisotopic (exact) mass is 304 g/mol. The summed E-state index contributed by atoms with van der Waals surface area (Å²) in [6.45, 7) is 0. The number of aryl methyl sites for hydroxylation is 1. The largest absolute Gasteiger partial charge is 0.410 e. The molecule has 0 aliphatic rings. The number of amides is 2. The number of nitrogens with one attached hydrogen (secondary N) is 1. The highest BCUT2D eigenvalue weighted by Crippen LogP contribution is 2.25. The Bertz CT molecular complexity index is 739. The van der Waals surface area contributed by atoms with Gasteiger partial charge in [0, 0.05) is 31.0 Å². The Labute approximate surface area is 125 Å². The molecule has 0 radical (unpaired) electrons. The van der Waals surface area contributed by atoms with E-state index in [2.05, 4.69) is 15.2 Å². The van der Waals surface area contributed by atoms with Crippen LogP contribution in [0.5, 0.6) is 5.75 Å². The van der Waals surface area contributed by atoms with Crippen LogP contribution in [0.2, 0.25) is 0 Å². The number of benzene rings is 1. The number of anilines is 1. The minimum atomic E-state index is -1.06. The van der Waals surface area contributed by atoms with Crippen molar-refractivity contribution in [1.82, 2.24) is 9.78 Å². The molecule has 0 aliphatic carbocycles. The van der Waals surface area contributed by atoms with E-state index in [0.29, 0.717) is 0 Å². The van der Waals surface area contributed by atoms with Gasteiger partial charge in [0.1, 0.15) is 5.82 Å². The van der Waals surface area contributed by atoms with Crippen molar-refractivity contribution in [1.29, 1.82) is 0 Å². The van der Waals surface area contributed by atoms with Crippen LogP contribution in [0.25, 0.3) is 6.08 Å². The standard InChI is InChI=1S/C14H13FN4O3/c1-19-8-9(7-17-19)2-5-13(20)18-11-6-10(15)3-4-12(11)22-14(16)21/h2-8H,1H3,(H2,16,21)(H,18,20). The first-order valence-electron chi connectivity index (χ1n) is 6.18. The molecule has 1 aromatic heterocycles. The lowest BCUT2D eigenvalue weighted by molar-refractivity contribution is -0.111. The predicted molar refractivity (Wildman–Crippen MR) is 77.5 cm³/mol. The number of aromatic nitrogens is 2. The molecule has 0 aliphatic heterocycles. The van der Waals surface area contributed by atoms with Gasteiger partial charge in [0.25, 0.3) is 0 Å². The number of hydrogen-bond acceptors (Lipinski definition) is 4. The minimum absolute atomic E-state index is 0.000336. The Kier molecular flexibility index (Phi) is 4.52. The zero-order valence-electron chi connectivity index (χ0n) is 11.6. The topological polar surface area (TPSA) is 99.2 Å². The zero-order chi connectivity index (χ0) is 16.1. The van der Waals surface area contributed by atoms with E-state index >= 15 is 0 Å². The first-order chi connectivity index (χ1) is 10.4. The van der Waals surface area contributed by atoms with Crippen molar-refractivity contribution in [2.45, 2.75) is 0 Å². The summed E-state index contributed by atoms with van der Waals surface area (Å²) in [5, 5.41) is 6.36. The summed E-state index contributed by atoms with van der Waals surface area (Å²) in [5.41, 5.74) is 5.64. The number of halogens is 1. The molecule has 2 rings (SSSR count). The van der Waals surface area contributed by atoms with Gasteiger partial charge in [-0.1, -0.05) is 0 Å². The van der Waals surface area contributed by atoms with Crippen LogP contribution in [0.15, 0.2) is 36.7 Å². The van der Waals surface area contributed by atoms with Crippen LogP contribution in [-0.2, 0) is 11.8 Å². The zero-order valence-corrected chi connectivity index (χ0v) is 11.6. The normalized spacial score (nSPS) is 10.6. The third-order valence-electron chi connectivity index (χ3n) is 2.56. The molecule has 0 fully saturated rings. The van der Waals surface area contributed by atoms with E-state index in [0.717, 1.165) is 17.7 Å². The molecule has 0 atom stereocenters. The molecular formula is C14H13FN4O3. The fourth-order valence-electron chi connectivity index (χ4n) is 1.67. The van der Waals surface area contributed by atoms with E-state index in [4.69, 9.17) is 5.73 Å². The Morgan fingerprint density at radius 1 is 1.45 bits per heavy atom. The Morgan fingerprint density at radius 3 is 2.86 bits per heavy atom. The lowest BCUT2D eigenvalue weighted by atomic mass is 10.2. The summed E-state index contributed by atoms with van der Waals surface area (Å²) in [4.78, 5) is 22.6. The van der Waals surface area contributed by atoms with Gasteiger partial charge in [0.15, 0.2) is 5.75 Å². The van der Waals surface area contributed by atoms with Crippen LogP contribution in [0, 0.1) is 5.82 Å². The number of carbonyl (C=O) groups is 2. The van der Waals surface area contributed by atoms with Gasteiger partial charge in [-0.3, -0.25) is 9.48 Å². The highest BCUT2D eigenvalue weighted by atomic mass is 19.1. The van der Waals surface area contributed by atoms with Crippen LogP contribution in [0.1, 0.15) is 5.56 Å². The van der Waals surface area contributed by atoms with Crippen LogP contribution < -0.4 is 15.8 Å². The van der Waals surface area contributed by atoms with Gasteiger partial charge < -0.3 is 15.8 Å². The summed E-state index contributed by atoms with van der Waals surface area (Å²) in [5.74, 6) is -1.16. The van der Waals surface area contributed by atoms with Crippen molar-refractivity contribution in [2.75, 3.05) is 5.32 Å². The number of carbonyl (C=O) groups excluding carboxylic acids is 2. The van der Waals surface area contributed by atoms with Crippen molar-refractivity contribution in [3.05, 3.63) is 48.0 Å². The third-order valence-corrected chi connectivity index (χ3v) is 2.56. The smallest absolute Gasteiger partial charge is 0.408 e. The summed E-state index contributed by atoms with van der Waals surface area (Å²) in [6, 6.07) is 3.30. The summed E-state index contributed by atoms with van der Waals surface area (Å²) >= 11 is 0. The molecule has 114 valence electrons. The summed E-state index contributed by atoms with van der Waals surface area (Å²) < 4.78 is 19.5. The van der Waals surface area contributed by atoms with E-state index in [1.807, 2.05) is 0 Å². The van der Waals surface area contributed by atoms with Gasteiger partial charge in [-0.05, 0) is 18.2 Å². The van der Waals surface area contributed by atoms with Crippen molar-refractivity contribution in [2.24, 2.45) is 12.8 Å². The van der Waals surface area contributed by atoms with E-state index in [1.54, 1.807) is 24.1 Å². The van der Waals surface area contributed by atoms with Gasteiger partial charge in [-0.15, -0.1) is 0 Å². The van der Waals surface area contributed by atoms with Crippen LogP contribution in [0.3, 0.4) is 0 Å². The molecule has 22 heavy (non-hydrogen) atoms. The molecule has 1 heterocycles. The maximum absolute atomic E-state index is 13.2. The van der Waals surface area contributed by atoms with Gasteiger partial charge in [-0.25, -0.2) is 9.18 Å². The molecule has 0 saturated carbocycles. The molecule has 8 heteroatoms. The van der Waals surface area contributed by atoms with Crippen molar-refractivity contribution < 1.29 is 18.7 Å². The Hall–Kier alpha value is -3.16. The number of primary amides is 1. The molecule has 2 amide bonds. The van der Waals surface area contributed by atoms with Crippen molar-refractivity contribution in [3.63, 3.8) is 0 Å². The molecule has 1 aromatic carbocycles. The number of ether oxygens (including phenoxy) is 1. The Balaban J connectivity index is 2.12. The van der Waals surface area contributed by atoms with Crippen LogP contribution in [-0.4, -0.2) is 21.8 Å².